The van der Waals surface area contributed by atoms with Gasteiger partial charge in [-0.15, -0.1) is 0 Å². The second kappa shape index (κ2) is 5.84. The number of hydrogen-bond donors (Lipinski definition) is 1. The van der Waals surface area contributed by atoms with Crippen LogP contribution in [-0.4, -0.2) is 24.0 Å². The van der Waals surface area contributed by atoms with E-state index in [0.29, 0.717) is 17.7 Å². The molecule has 0 heterocycles. The Balaban J connectivity index is 3.10. The minimum Gasteiger partial charge on any atom is -0.497 e. The van der Waals surface area contributed by atoms with Crippen molar-refractivity contribution in [2.45, 2.75) is 13.3 Å². The summed E-state index contributed by atoms with van der Waals surface area (Å²) >= 11 is 0. The van der Waals surface area contributed by atoms with Crippen LogP contribution in [-0.2, 0) is 4.79 Å². The largest absolute Gasteiger partial charge is 0.497 e. The van der Waals surface area contributed by atoms with Gasteiger partial charge in [-0.2, -0.15) is 0 Å². The third-order valence-electron chi connectivity index (χ3n) is 2.22. The van der Waals surface area contributed by atoms with Crippen LogP contribution in [0.5, 0.6) is 5.75 Å². The Morgan fingerprint density at radius 2 is 2.12 bits per heavy atom. The molecule has 0 aliphatic rings. The molecule has 1 aromatic rings. The van der Waals surface area contributed by atoms with E-state index in [1.165, 1.54) is 19.3 Å². The average molecular weight is 234 g/mol. The fourth-order valence-electron chi connectivity index (χ4n) is 1.40. The zero-order chi connectivity index (χ0) is 12.8. The highest BCUT2D eigenvalue weighted by Crippen LogP contribution is 2.16. The summed E-state index contributed by atoms with van der Waals surface area (Å²) in [7, 11) is 1.49. The number of ether oxygens (including phenoxy) is 1. The van der Waals surface area contributed by atoms with Gasteiger partial charge in [-0.25, -0.2) is 4.79 Å². The normalized spacial score (nSPS) is 11.1. The van der Waals surface area contributed by atoms with Gasteiger partial charge >= 0.3 is 5.97 Å². The topological polar surface area (TPSA) is 63.6 Å². The van der Waals surface area contributed by atoms with Crippen LogP contribution in [0.2, 0.25) is 0 Å². The maximum Gasteiger partial charge on any atom is 0.339 e. The van der Waals surface area contributed by atoms with Crippen molar-refractivity contribution in [3.05, 3.63) is 41.5 Å². The van der Waals surface area contributed by atoms with E-state index >= 15 is 0 Å². The first-order valence-electron chi connectivity index (χ1n) is 5.22. The summed E-state index contributed by atoms with van der Waals surface area (Å²) in [6.07, 6.45) is 1.90. The van der Waals surface area contributed by atoms with Crippen molar-refractivity contribution in [2.75, 3.05) is 7.11 Å². The van der Waals surface area contributed by atoms with E-state index in [-0.39, 0.29) is 5.57 Å². The van der Waals surface area contributed by atoms with Gasteiger partial charge in [0, 0.05) is 5.56 Å². The Labute approximate surface area is 99.5 Å². The van der Waals surface area contributed by atoms with Crippen molar-refractivity contribution in [1.82, 2.24) is 0 Å². The Bertz CT molecular complexity index is 460. The van der Waals surface area contributed by atoms with Crippen LogP contribution in [0.4, 0.5) is 0 Å². The molecule has 1 rings (SSSR count). The van der Waals surface area contributed by atoms with Crippen molar-refractivity contribution in [3.8, 4) is 5.75 Å². The number of carboxylic acids is 1. The summed E-state index contributed by atoms with van der Waals surface area (Å²) < 4.78 is 4.99. The SMILES string of the molecule is CCC=C(C(=O)O)C(=O)c1cccc(OC)c1. The molecule has 0 aliphatic carbocycles. The zero-order valence-corrected chi connectivity index (χ0v) is 9.77. The molecule has 1 aromatic carbocycles. The summed E-state index contributed by atoms with van der Waals surface area (Å²) in [5, 5.41) is 8.94. The van der Waals surface area contributed by atoms with Crippen molar-refractivity contribution in [1.29, 1.82) is 0 Å². The minimum atomic E-state index is -1.21. The molecule has 0 fully saturated rings. The molecule has 0 spiro atoms. The highest BCUT2D eigenvalue weighted by molar-refractivity contribution is 6.23. The Hall–Kier alpha value is -2.10. The summed E-state index contributed by atoms with van der Waals surface area (Å²) in [6.45, 7) is 1.78. The van der Waals surface area contributed by atoms with E-state index in [0.717, 1.165) is 0 Å². The van der Waals surface area contributed by atoms with Crippen molar-refractivity contribution >= 4 is 11.8 Å². The van der Waals surface area contributed by atoms with E-state index in [1.54, 1.807) is 25.1 Å². The molecular formula is C13H14O4. The Morgan fingerprint density at radius 3 is 2.65 bits per heavy atom. The van der Waals surface area contributed by atoms with Crippen LogP contribution in [0.15, 0.2) is 35.9 Å². The number of methoxy groups -OCH3 is 1. The molecule has 0 bridgehead atoms. The number of allylic oxidation sites excluding steroid dienone is 1. The molecule has 1 N–H and O–H groups in total. The van der Waals surface area contributed by atoms with Crippen LogP contribution in [0.3, 0.4) is 0 Å². The monoisotopic (exact) mass is 234 g/mol. The van der Waals surface area contributed by atoms with Crippen molar-refractivity contribution in [3.63, 3.8) is 0 Å². The van der Waals surface area contributed by atoms with Gasteiger partial charge in [0.05, 0.1) is 7.11 Å². The summed E-state index contributed by atoms with van der Waals surface area (Å²) in [6, 6.07) is 6.43. The lowest BCUT2D eigenvalue weighted by Gasteiger charge is -2.04. The van der Waals surface area contributed by atoms with Crippen LogP contribution in [0, 0.1) is 0 Å². The number of rotatable bonds is 5. The predicted octanol–water partition coefficient (Wildman–Crippen LogP) is 2.30. The third kappa shape index (κ3) is 3.17. The van der Waals surface area contributed by atoms with Crippen molar-refractivity contribution < 1.29 is 19.4 Å². The second-order valence-corrected chi connectivity index (χ2v) is 3.39. The molecule has 0 saturated heterocycles. The average Bonchev–Trinajstić information content (AvgIpc) is 2.34. The summed E-state index contributed by atoms with van der Waals surface area (Å²) in [5.41, 5.74) is 0.104. The zero-order valence-electron chi connectivity index (χ0n) is 9.77. The van der Waals surface area contributed by atoms with E-state index in [4.69, 9.17) is 9.84 Å². The lowest BCUT2D eigenvalue weighted by Crippen LogP contribution is -2.12. The first-order chi connectivity index (χ1) is 8.10. The van der Waals surface area contributed by atoms with Crippen LogP contribution in [0.25, 0.3) is 0 Å². The van der Waals surface area contributed by atoms with E-state index < -0.39 is 11.8 Å². The number of carbonyl (C=O) groups is 2. The maximum absolute atomic E-state index is 11.9. The maximum atomic E-state index is 11.9. The van der Waals surface area contributed by atoms with Gasteiger partial charge in [-0.3, -0.25) is 4.79 Å². The molecule has 90 valence electrons. The summed E-state index contributed by atoms with van der Waals surface area (Å²) in [4.78, 5) is 22.9. The number of carboxylic acid groups (broad SMARTS) is 1. The molecule has 0 radical (unpaired) electrons. The molecule has 0 aromatic heterocycles. The molecule has 4 nitrogen and oxygen atoms in total. The van der Waals surface area contributed by atoms with Gasteiger partial charge in [0.25, 0.3) is 0 Å². The van der Waals surface area contributed by atoms with Gasteiger partial charge < -0.3 is 9.84 Å². The number of benzene rings is 1. The molecule has 4 heteroatoms. The lowest BCUT2D eigenvalue weighted by atomic mass is 10.0. The minimum absolute atomic E-state index is 0.208. The first kappa shape index (κ1) is 13.0. The molecule has 17 heavy (non-hydrogen) atoms. The second-order valence-electron chi connectivity index (χ2n) is 3.39. The fraction of sp³-hybridized carbons (Fsp3) is 0.231. The van der Waals surface area contributed by atoms with E-state index in [2.05, 4.69) is 0 Å². The molecule has 0 aliphatic heterocycles. The van der Waals surface area contributed by atoms with Crippen LogP contribution < -0.4 is 4.74 Å². The molecular weight excluding hydrogens is 220 g/mol. The molecule has 0 atom stereocenters. The highest BCUT2D eigenvalue weighted by atomic mass is 16.5. The molecule has 0 saturated carbocycles. The number of aliphatic carboxylic acids is 1. The number of carbonyl (C=O) groups excluding carboxylic acids is 1. The smallest absolute Gasteiger partial charge is 0.339 e. The van der Waals surface area contributed by atoms with E-state index in [9.17, 15) is 9.59 Å². The Kier molecular flexibility index (Phi) is 4.46. The lowest BCUT2D eigenvalue weighted by molar-refractivity contribution is -0.132. The highest BCUT2D eigenvalue weighted by Gasteiger charge is 2.18. The first-order valence-corrected chi connectivity index (χ1v) is 5.22. The standard InChI is InChI=1S/C13H14O4/c1-3-5-11(13(15)16)12(14)9-6-4-7-10(8-9)17-2/h4-8H,3H2,1-2H3,(H,15,16). The Morgan fingerprint density at radius 1 is 1.41 bits per heavy atom. The van der Waals surface area contributed by atoms with Gasteiger partial charge in [-0.05, 0) is 18.6 Å². The summed E-state index contributed by atoms with van der Waals surface area (Å²) in [5.74, 6) is -1.19. The quantitative estimate of drug-likeness (QED) is 0.367. The van der Waals surface area contributed by atoms with Gasteiger partial charge in [0.15, 0.2) is 5.78 Å². The van der Waals surface area contributed by atoms with Crippen LogP contribution >= 0.6 is 0 Å². The van der Waals surface area contributed by atoms with Gasteiger partial charge in [0.1, 0.15) is 11.3 Å². The van der Waals surface area contributed by atoms with Crippen molar-refractivity contribution in [2.24, 2.45) is 0 Å². The fourth-order valence-corrected chi connectivity index (χ4v) is 1.40. The number of Topliss-reactive ketones (excluding diaryl/α,β-unsaturated/α-hetero) is 1. The van der Waals surface area contributed by atoms with Crippen LogP contribution in [0.1, 0.15) is 23.7 Å². The van der Waals surface area contributed by atoms with Gasteiger partial charge in [0.2, 0.25) is 0 Å². The third-order valence-corrected chi connectivity index (χ3v) is 2.22. The number of ketones is 1. The predicted molar refractivity (Wildman–Crippen MR) is 63.3 cm³/mol. The molecule has 0 amide bonds. The molecule has 0 unspecified atom stereocenters. The van der Waals surface area contributed by atoms with Gasteiger partial charge in [-0.1, -0.05) is 25.1 Å². The van der Waals surface area contributed by atoms with E-state index in [1.807, 2.05) is 0 Å². The number of hydrogen-bond acceptors (Lipinski definition) is 3.